The van der Waals surface area contributed by atoms with Gasteiger partial charge in [0.05, 0.1) is 6.26 Å². The van der Waals surface area contributed by atoms with Crippen LogP contribution in [0.4, 0.5) is 0 Å². The summed E-state index contributed by atoms with van der Waals surface area (Å²) in [6.45, 7) is 1.52. The highest BCUT2D eigenvalue weighted by atomic mass is 16.5. The zero-order valence-corrected chi connectivity index (χ0v) is 12.0. The fraction of sp³-hybridized carbons (Fsp3) is 0.400. The van der Waals surface area contributed by atoms with E-state index in [1.165, 1.54) is 12.6 Å². The van der Waals surface area contributed by atoms with Crippen LogP contribution in [0.15, 0.2) is 29.2 Å². The summed E-state index contributed by atoms with van der Waals surface area (Å²) in [5.74, 6) is 0.241. The van der Waals surface area contributed by atoms with Gasteiger partial charge in [-0.15, -0.1) is 0 Å². The van der Waals surface area contributed by atoms with E-state index < -0.39 is 0 Å². The van der Waals surface area contributed by atoms with Gasteiger partial charge >= 0.3 is 0 Å². The number of carbonyl (C=O) groups is 1. The summed E-state index contributed by atoms with van der Waals surface area (Å²) in [5, 5.41) is 16.0. The van der Waals surface area contributed by atoms with Gasteiger partial charge in [-0.1, -0.05) is 0 Å². The number of ketones is 1. The molecule has 0 atom stereocenters. The molecule has 0 saturated carbocycles. The second kappa shape index (κ2) is 6.57. The maximum Gasteiger partial charge on any atom is 0.225 e. The number of nitrogens with zero attached hydrogens (tertiary/aromatic N) is 2. The Morgan fingerprint density at radius 2 is 2.27 bits per heavy atom. The molecule has 0 radical (unpaired) electrons. The summed E-state index contributed by atoms with van der Waals surface area (Å²) in [6.07, 6.45) is 6.59. The number of aliphatic hydroxyl groups is 1. The number of aliphatic hydroxyl groups excluding tert-OH is 1. The first-order valence-electron chi connectivity index (χ1n) is 7.19. The molecule has 0 aliphatic carbocycles. The minimum Gasteiger partial charge on any atom is -0.504 e. The summed E-state index contributed by atoms with van der Waals surface area (Å²) < 4.78 is 10.6. The number of furan rings is 1. The van der Waals surface area contributed by atoms with Crippen molar-refractivity contribution in [3.8, 4) is 0 Å². The van der Waals surface area contributed by atoms with Gasteiger partial charge in [-0.3, -0.25) is 9.89 Å². The lowest BCUT2D eigenvalue weighted by Crippen LogP contribution is -2.18. The molecular formula is C15H17N3O4. The van der Waals surface area contributed by atoms with Crippen LogP contribution in [0.25, 0.3) is 5.76 Å². The van der Waals surface area contributed by atoms with Crippen molar-refractivity contribution in [3.05, 3.63) is 41.9 Å². The van der Waals surface area contributed by atoms with Crippen molar-refractivity contribution in [2.75, 3.05) is 13.2 Å². The Morgan fingerprint density at radius 1 is 1.45 bits per heavy atom. The normalized spacial score (nSPS) is 16.8. The van der Waals surface area contributed by atoms with Crippen LogP contribution < -0.4 is 0 Å². The molecule has 0 amide bonds. The number of carbonyl (C=O) groups excluding carboxylic acids is 1. The van der Waals surface area contributed by atoms with E-state index in [4.69, 9.17) is 9.15 Å². The highest BCUT2D eigenvalue weighted by molar-refractivity contribution is 6.06. The van der Waals surface area contributed by atoms with Crippen LogP contribution >= 0.6 is 0 Å². The molecule has 1 fully saturated rings. The number of rotatable bonds is 5. The maximum atomic E-state index is 12.3. The van der Waals surface area contributed by atoms with Crippen molar-refractivity contribution < 1.29 is 19.1 Å². The highest BCUT2D eigenvalue weighted by Gasteiger charge is 2.20. The van der Waals surface area contributed by atoms with E-state index in [2.05, 4.69) is 15.2 Å². The number of hydrogen-bond acceptors (Lipinski definition) is 6. The quantitative estimate of drug-likeness (QED) is 0.498. The van der Waals surface area contributed by atoms with Crippen LogP contribution in [0, 0.1) is 5.92 Å². The van der Waals surface area contributed by atoms with Crippen LogP contribution in [-0.2, 0) is 11.2 Å². The number of H-pyrrole nitrogens is 1. The van der Waals surface area contributed by atoms with Gasteiger partial charge in [-0.05, 0) is 31.2 Å². The second-order valence-corrected chi connectivity index (χ2v) is 5.26. The Bertz CT molecular complexity index is 654. The Balaban J connectivity index is 1.73. The fourth-order valence-corrected chi connectivity index (χ4v) is 2.56. The zero-order chi connectivity index (χ0) is 15.4. The van der Waals surface area contributed by atoms with Crippen LogP contribution in [0.5, 0.6) is 0 Å². The number of aromatic nitrogens is 3. The molecule has 7 heteroatoms. The fourth-order valence-electron chi connectivity index (χ4n) is 2.56. The van der Waals surface area contributed by atoms with Crippen molar-refractivity contribution in [2.24, 2.45) is 5.92 Å². The standard InChI is InChI=1S/C15H17N3O4/c19-12(8-13(20)15-16-9-17-18-15)14-11(3-6-22-14)7-10-1-4-21-5-2-10/h3,6,8-10,20H,1-2,4-5,7H2,(H,16,17,18). The van der Waals surface area contributed by atoms with Gasteiger partial charge in [0.25, 0.3) is 0 Å². The predicted octanol–water partition coefficient (Wildman–Crippen LogP) is 2.15. The summed E-state index contributed by atoms with van der Waals surface area (Å²) in [5.41, 5.74) is 0.860. The van der Waals surface area contributed by atoms with Crippen molar-refractivity contribution in [2.45, 2.75) is 19.3 Å². The van der Waals surface area contributed by atoms with E-state index in [1.54, 1.807) is 0 Å². The number of nitrogens with one attached hydrogen (secondary N) is 1. The largest absolute Gasteiger partial charge is 0.504 e. The number of aromatic amines is 1. The Morgan fingerprint density at radius 3 is 3.00 bits per heavy atom. The van der Waals surface area contributed by atoms with Gasteiger partial charge in [-0.25, -0.2) is 4.98 Å². The molecular weight excluding hydrogens is 286 g/mol. The molecule has 2 aromatic rings. The van der Waals surface area contributed by atoms with E-state index in [0.717, 1.165) is 44.1 Å². The SMILES string of the molecule is O=C(C=C(O)c1ncn[nH]1)c1occc1CC1CCOCC1. The third-order valence-corrected chi connectivity index (χ3v) is 3.75. The van der Waals surface area contributed by atoms with Gasteiger partial charge in [0, 0.05) is 24.9 Å². The summed E-state index contributed by atoms with van der Waals surface area (Å²) in [6, 6.07) is 1.81. The first-order valence-corrected chi connectivity index (χ1v) is 7.19. The second-order valence-electron chi connectivity index (χ2n) is 5.26. The van der Waals surface area contributed by atoms with Crippen molar-refractivity contribution in [3.63, 3.8) is 0 Å². The third kappa shape index (κ3) is 3.25. The van der Waals surface area contributed by atoms with Gasteiger partial charge < -0.3 is 14.3 Å². The number of ether oxygens (including phenoxy) is 1. The average Bonchev–Trinajstić information content (AvgIpc) is 3.19. The Hall–Kier alpha value is -2.41. The molecule has 2 aromatic heterocycles. The topological polar surface area (TPSA) is 101 Å². The lowest BCUT2D eigenvalue weighted by molar-refractivity contribution is 0.0664. The van der Waals surface area contributed by atoms with E-state index in [-0.39, 0.29) is 23.1 Å². The molecule has 7 nitrogen and oxygen atoms in total. The molecule has 2 N–H and O–H groups in total. The molecule has 0 unspecified atom stereocenters. The maximum absolute atomic E-state index is 12.3. The van der Waals surface area contributed by atoms with Gasteiger partial charge in [-0.2, -0.15) is 5.10 Å². The van der Waals surface area contributed by atoms with Gasteiger partial charge in [0.1, 0.15) is 6.33 Å². The first kappa shape index (κ1) is 14.5. The van der Waals surface area contributed by atoms with Crippen LogP contribution in [0.3, 0.4) is 0 Å². The van der Waals surface area contributed by atoms with Crippen LogP contribution in [0.2, 0.25) is 0 Å². The molecule has 0 spiro atoms. The zero-order valence-electron chi connectivity index (χ0n) is 12.0. The van der Waals surface area contributed by atoms with Crippen molar-refractivity contribution in [1.82, 2.24) is 15.2 Å². The molecule has 22 heavy (non-hydrogen) atoms. The molecule has 1 aliphatic heterocycles. The van der Waals surface area contributed by atoms with Crippen LogP contribution in [0.1, 0.15) is 34.8 Å². The van der Waals surface area contributed by atoms with Gasteiger partial charge in [0.2, 0.25) is 5.78 Å². The Kier molecular flexibility index (Phi) is 4.34. The van der Waals surface area contributed by atoms with Gasteiger partial charge in [0.15, 0.2) is 17.3 Å². The summed E-state index contributed by atoms with van der Waals surface area (Å²) in [4.78, 5) is 16.0. The molecule has 1 aliphatic rings. The first-order chi connectivity index (χ1) is 10.7. The minimum atomic E-state index is -0.388. The molecule has 3 rings (SSSR count). The van der Waals surface area contributed by atoms with Crippen molar-refractivity contribution in [1.29, 1.82) is 0 Å². The predicted molar refractivity (Wildman–Crippen MR) is 77.3 cm³/mol. The molecule has 0 bridgehead atoms. The summed E-state index contributed by atoms with van der Waals surface area (Å²) >= 11 is 0. The van der Waals surface area contributed by atoms with E-state index in [1.807, 2.05) is 6.07 Å². The molecule has 0 aromatic carbocycles. The molecule has 3 heterocycles. The minimum absolute atomic E-state index is 0.144. The molecule has 1 saturated heterocycles. The van der Waals surface area contributed by atoms with E-state index >= 15 is 0 Å². The average molecular weight is 303 g/mol. The Labute approximate surface area is 127 Å². The molecule has 116 valence electrons. The lowest BCUT2D eigenvalue weighted by Gasteiger charge is -2.21. The number of hydrogen-bond donors (Lipinski definition) is 2. The van der Waals surface area contributed by atoms with E-state index in [9.17, 15) is 9.90 Å². The van der Waals surface area contributed by atoms with Crippen molar-refractivity contribution >= 4 is 11.5 Å². The number of allylic oxidation sites excluding steroid dienone is 1. The lowest BCUT2D eigenvalue weighted by atomic mass is 9.92. The highest BCUT2D eigenvalue weighted by Crippen LogP contribution is 2.23. The van der Waals surface area contributed by atoms with E-state index in [0.29, 0.717) is 5.92 Å². The summed E-state index contributed by atoms with van der Waals surface area (Å²) in [7, 11) is 0. The monoisotopic (exact) mass is 303 g/mol. The smallest absolute Gasteiger partial charge is 0.225 e. The third-order valence-electron chi connectivity index (χ3n) is 3.75. The van der Waals surface area contributed by atoms with Crippen LogP contribution in [-0.4, -0.2) is 39.3 Å².